The Hall–Kier alpha value is -1.89. The summed E-state index contributed by atoms with van der Waals surface area (Å²) >= 11 is -9.44. The van der Waals surface area contributed by atoms with E-state index in [0.29, 0.717) is 0 Å². The second-order valence-electron chi connectivity index (χ2n) is 6.44. The van der Waals surface area contributed by atoms with Crippen LogP contribution in [0.1, 0.15) is 1.43 Å². The van der Waals surface area contributed by atoms with Crippen LogP contribution < -0.4 is 0 Å². The van der Waals surface area contributed by atoms with Gasteiger partial charge in [-0.25, -0.2) is 0 Å². The fourth-order valence-corrected chi connectivity index (χ4v) is 3.78. The minimum absolute atomic E-state index is 0. The molecule has 0 aliphatic heterocycles. The van der Waals surface area contributed by atoms with Gasteiger partial charge in [-0.3, -0.25) is 0 Å². The normalized spacial score (nSPS) is 13.1. The van der Waals surface area contributed by atoms with Crippen molar-refractivity contribution in [1.82, 2.24) is 0 Å². The van der Waals surface area contributed by atoms with Crippen molar-refractivity contribution in [2.45, 2.75) is 0 Å². The van der Waals surface area contributed by atoms with Gasteiger partial charge in [-0.1, -0.05) is 84.9 Å². The summed E-state index contributed by atoms with van der Waals surface area (Å²) in [4.78, 5) is 1.31. The number of hydrogen-bond acceptors (Lipinski definition) is 1. The second-order valence-corrected chi connectivity index (χ2v) is 12.8. The van der Waals surface area contributed by atoms with Crippen molar-refractivity contribution >= 4 is 44.3 Å². The molecule has 0 bridgehead atoms. The first-order chi connectivity index (χ1) is 13.9. The van der Waals surface area contributed by atoms with Gasteiger partial charge in [0.2, 0.25) is 0 Å². The molecule has 0 aliphatic carbocycles. The van der Waals surface area contributed by atoms with Gasteiger partial charge >= 0.3 is 37.8 Å². The Morgan fingerprint density at radius 3 is 1.48 bits per heavy atom. The van der Waals surface area contributed by atoms with E-state index >= 15 is 0 Å². The van der Waals surface area contributed by atoms with E-state index in [2.05, 4.69) is 96.4 Å². The molecule has 0 spiro atoms. The molecule has 0 fully saturated rings. The number of rotatable bonds is 3. The van der Waals surface area contributed by atoms with Gasteiger partial charge in [-0.15, -0.1) is 11.3 Å². The van der Waals surface area contributed by atoms with Gasteiger partial charge in [0.1, 0.15) is 0 Å². The molecular weight excluding hydrogens is 564 g/mol. The molecule has 0 N–H and O–H groups in total. The van der Waals surface area contributed by atoms with Crippen LogP contribution in [0.4, 0.5) is 16.9 Å². The molecule has 0 atom stereocenters. The summed E-state index contributed by atoms with van der Waals surface area (Å²) in [5.41, 5.74) is 6.40. The van der Waals surface area contributed by atoms with Crippen molar-refractivity contribution in [3.8, 4) is 32.7 Å². The third-order valence-corrected chi connectivity index (χ3v) is 4.95. The number of halogens is 6. The van der Waals surface area contributed by atoms with E-state index in [4.69, 9.17) is 0 Å². The molecular formula is C22H19F6S2Sb. The quantitative estimate of drug-likeness (QED) is 0.167. The van der Waals surface area contributed by atoms with Gasteiger partial charge in [0.25, 0.3) is 0 Å². The molecule has 166 valence electrons. The monoisotopic (exact) mass is 582 g/mol. The Morgan fingerprint density at radius 2 is 0.968 bits per heavy atom. The molecule has 1 heterocycles. The minimum atomic E-state index is -11.2. The van der Waals surface area contributed by atoms with E-state index in [0.717, 1.165) is 0 Å². The SMILES string of the molecule is S.[F][Sb-]([F])([F])([F])([F])[F].[H+].c1ccc(-c2csc(-c3ccccc3-c3ccccc3)c2)cc1. The van der Waals surface area contributed by atoms with Gasteiger partial charge in [0, 0.05) is 4.88 Å². The zero-order valence-electron chi connectivity index (χ0n) is 16.9. The van der Waals surface area contributed by atoms with Gasteiger partial charge in [-0.05, 0) is 39.3 Å². The van der Waals surface area contributed by atoms with Crippen molar-refractivity contribution in [1.29, 1.82) is 0 Å². The third kappa shape index (κ3) is 9.01. The number of thiophene rings is 1. The standard InChI is InChI=1S/C22H16S.6FH.H2S.Sb/c1-3-9-17(10-4-1)19-15-22(23-16-19)21-14-8-7-13-20(21)18-11-5-2-6-12-18;;;;;;;;/h1-16H;6*1H;1H2;/q;;;;;;;;+5/p-5. The van der Waals surface area contributed by atoms with Crippen molar-refractivity contribution in [2.24, 2.45) is 0 Å². The van der Waals surface area contributed by atoms with E-state index in [1.807, 2.05) is 0 Å². The fraction of sp³-hybridized carbons (Fsp3) is 0. The molecule has 0 amide bonds. The summed E-state index contributed by atoms with van der Waals surface area (Å²) < 4.78 is 59.6. The smallest absolute Gasteiger partial charge is 0.143 e. The predicted octanol–water partition coefficient (Wildman–Crippen LogP) is 9.11. The van der Waals surface area contributed by atoms with E-state index in [-0.39, 0.29) is 14.9 Å². The Morgan fingerprint density at radius 1 is 0.548 bits per heavy atom. The summed E-state index contributed by atoms with van der Waals surface area (Å²) in [6, 6.07) is 32.1. The van der Waals surface area contributed by atoms with Crippen LogP contribution in [-0.2, 0) is 0 Å². The first-order valence-electron chi connectivity index (χ1n) is 8.72. The maximum absolute atomic E-state index is 11.2. The average Bonchev–Trinajstić information content (AvgIpc) is 3.17. The fourth-order valence-electron chi connectivity index (χ4n) is 2.83. The van der Waals surface area contributed by atoms with Gasteiger partial charge in [0.15, 0.2) is 0 Å². The second kappa shape index (κ2) is 8.92. The Labute approximate surface area is 191 Å². The summed E-state index contributed by atoms with van der Waals surface area (Å²) in [6.45, 7) is 0. The number of benzene rings is 3. The Bertz CT molecular complexity index is 1120. The summed E-state index contributed by atoms with van der Waals surface area (Å²) in [6.07, 6.45) is 0. The third-order valence-electron chi connectivity index (χ3n) is 3.98. The molecule has 3 aromatic carbocycles. The first-order valence-corrected chi connectivity index (χ1v) is 15.4. The van der Waals surface area contributed by atoms with Crippen molar-refractivity contribution < 1.29 is 18.3 Å². The minimum Gasteiger partial charge on any atom is -0.143 e. The first kappa shape index (κ1) is 25.4. The maximum atomic E-state index is 9.93. The Balaban J connectivity index is 0.000000501. The molecule has 0 saturated carbocycles. The molecule has 31 heavy (non-hydrogen) atoms. The van der Waals surface area contributed by atoms with Crippen LogP contribution in [0.5, 0.6) is 0 Å². The van der Waals surface area contributed by atoms with E-state index in [9.17, 15) is 16.9 Å². The van der Waals surface area contributed by atoms with Crippen LogP contribution in [0.25, 0.3) is 32.7 Å². The van der Waals surface area contributed by atoms with Crippen LogP contribution in [0.15, 0.2) is 96.4 Å². The average molecular weight is 583 g/mol. The largest absolute Gasteiger partial charge is 1.00 e. The molecule has 0 unspecified atom stereocenters. The summed E-state index contributed by atoms with van der Waals surface area (Å²) in [5.74, 6) is 0. The molecule has 4 aromatic rings. The van der Waals surface area contributed by atoms with Crippen molar-refractivity contribution in [3.63, 3.8) is 0 Å². The van der Waals surface area contributed by atoms with Crippen LogP contribution in [0.3, 0.4) is 0 Å². The van der Waals surface area contributed by atoms with Crippen LogP contribution in [0.2, 0.25) is 0 Å². The number of hydrogen-bond donors (Lipinski definition) is 0. The van der Waals surface area contributed by atoms with Crippen molar-refractivity contribution in [2.75, 3.05) is 0 Å². The zero-order chi connectivity index (χ0) is 21.9. The van der Waals surface area contributed by atoms with Crippen LogP contribution >= 0.6 is 24.8 Å². The van der Waals surface area contributed by atoms with Crippen LogP contribution in [-0.4, -0.2) is 19.5 Å². The van der Waals surface area contributed by atoms with E-state index in [1.165, 1.54) is 32.7 Å². The zero-order valence-corrected chi connectivity index (χ0v) is 20.2. The maximum Gasteiger partial charge on any atom is 1.00 e. The molecule has 0 nitrogen and oxygen atoms in total. The van der Waals surface area contributed by atoms with Crippen molar-refractivity contribution in [3.05, 3.63) is 96.4 Å². The predicted molar refractivity (Wildman–Crippen MR) is 125 cm³/mol. The molecule has 0 aliphatic rings. The molecule has 0 saturated heterocycles. The molecule has 0 radical (unpaired) electrons. The topological polar surface area (TPSA) is 0 Å². The van der Waals surface area contributed by atoms with Gasteiger partial charge in [0.05, 0.1) is 0 Å². The summed E-state index contributed by atoms with van der Waals surface area (Å²) in [5, 5.41) is 2.24. The Kier molecular flexibility index (Phi) is 7.30. The van der Waals surface area contributed by atoms with E-state index in [1.54, 1.807) is 11.3 Å². The molecule has 1 aromatic heterocycles. The van der Waals surface area contributed by atoms with Gasteiger partial charge in [-0.2, -0.15) is 13.5 Å². The van der Waals surface area contributed by atoms with Gasteiger partial charge < -0.3 is 0 Å². The molecule has 4 rings (SSSR count). The van der Waals surface area contributed by atoms with E-state index < -0.39 is 19.5 Å². The van der Waals surface area contributed by atoms with Crippen LogP contribution in [0, 0.1) is 0 Å². The molecule has 9 heteroatoms. The summed E-state index contributed by atoms with van der Waals surface area (Å²) in [7, 11) is 0.